The highest BCUT2D eigenvalue weighted by Gasteiger charge is 2.26. The van der Waals surface area contributed by atoms with Crippen LogP contribution in [0.3, 0.4) is 0 Å². The molecule has 0 aliphatic heterocycles. The van der Waals surface area contributed by atoms with E-state index in [1.165, 1.54) is 6.26 Å². The predicted molar refractivity (Wildman–Crippen MR) is 92.0 cm³/mol. The Morgan fingerprint density at radius 3 is 2.84 bits per heavy atom. The number of benzene rings is 1. The van der Waals surface area contributed by atoms with Crippen molar-refractivity contribution < 1.29 is 18.7 Å². The van der Waals surface area contributed by atoms with E-state index in [9.17, 15) is 9.90 Å². The van der Waals surface area contributed by atoms with Crippen LogP contribution in [0.1, 0.15) is 18.4 Å². The first kappa shape index (κ1) is 16.8. The minimum absolute atomic E-state index is 0.00493. The number of hydrogen-bond donors (Lipinski definition) is 3. The van der Waals surface area contributed by atoms with Gasteiger partial charge in [-0.3, -0.25) is 0 Å². The molecule has 7 nitrogen and oxygen atoms in total. The van der Waals surface area contributed by atoms with Crippen molar-refractivity contribution in [3.8, 4) is 11.5 Å². The number of aliphatic hydroxyl groups is 1. The molecule has 25 heavy (non-hydrogen) atoms. The quantitative estimate of drug-likeness (QED) is 0.661. The van der Waals surface area contributed by atoms with Gasteiger partial charge in [-0.05, 0) is 44.2 Å². The fraction of sp³-hybridized carbons (Fsp3) is 0.222. The van der Waals surface area contributed by atoms with Crippen LogP contribution in [0, 0.1) is 6.92 Å². The number of carbonyl (C=O) groups excluding carboxylic acids is 1. The molecular formula is C18H19N3O4. The van der Waals surface area contributed by atoms with Gasteiger partial charge in [-0.25, -0.2) is 9.78 Å². The normalized spacial score (nSPS) is 13.2. The third-order valence-electron chi connectivity index (χ3n) is 3.63. The van der Waals surface area contributed by atoms with Gasteiger partial charge in [0.2, 0.25) is 5.89 Å². The van der Waals surface area contributed by atoms with Crippen molar-refractivity contribution in [3.05, 3.63) is 60.4 Å². The van der Waals surface area contributed by atoms with Crippen molar-refractivity contribution in [1.29, 1.82) is 0 Å². The van der Waals surface area contributed by atoms with Crippen LogP contribution in [0.4, 0.5) is 10.5 Å². The molecule has 3 N–H and O–H groups in total. The summed E-state index contributed by atoms with van der Waals surface area (Å²) in [5, 5.41) is 15.7. The molecule has 0 fully saturated rings. The van der Waals surface area contributed by atoms with E-state index in [4.69, 9.17) is 8.83 Å². The van der Waals surface area contributed by atoms with Gasteiger partial charge in [-0.2, -0.15) is 0 Å². The van der Waals surface area contributed by atoms with E-state index in [1.54, 1.807) is 43.5 Å². The average molecular weight is 341 g/mol. The number of hydrogen-bond acceptors (Lipinski definition) is 5. The Bertz CT molecular complexity index is 853. The maximum Gasteiger partial charge on any atom is 0.319 e. The Morgan fingerprint density at radius 2 is 2.16 bits per heavy atom. The van der Waals surface area contributed by atoms with E-state index in [-0.39, 0.29) is 6.54 Å². The van der Waals surface area contributed by atoms with E-state index in [0.29, 0.717) is 23.1 Å². The minimum Gasteiger partial charge on any atom is -0.466 e. The van der Waals surface area contributed by atoms with E-state index in [0.717, 1.165) is 5.56 Å². The van der Waals surface area contributed by atoms with Crippen molar-refractivity contribution in [3.63, 3.8) is 0 Å². The monoisotopic (exact) mass is 341 g/mol. The molecule has 0 spiro atoms. The van der Waals surface area contributed by atoms with Gasteiger partial charge in [0.05, 0.1) is 19.0 Å². The molecule has 0 aliphatic carbocycles. The van der Waals surface area contributed by atoms with Crippen LogP contribution in [0.25, 0.3) is 11.5 Å². The lowest BCUT2D eigenvalue weighted by Gasteiger charge is -2.21. The Balaban J connectivity index is 1.61. The standard InChI is InChI=1S/C18H19N3O4/c1-12-10-19-16(25-12)13-5-3-6-14(9-13)21-17(22)20-11-18(2,23)15-7-4-8-24-15/h3-10,23H,11H2,1-2H3,(H2,20,21,22). The number of nitrogens with zero attached hydrogens (tertiary/aromatic N) is 1. The number of carbonyl (C=O) groups is 1. The molecular weight excluding hydrogens is 322 g/mol. The van der Waals surface area contributed by atoms with Crippen molar-refractivity contribution >= 4 is 11.7 Å². The number of nitrogens with one attached hydrogen (secondary N) is 2. The molecule has 3 aromatic rings. The molecule has 1 atom stereocenters. The Labute approximate surface area is 144 Å². The first-order chi connectivity index (χ1) is 11.9. The van der Waals surface area contributed by atoms with Gasteiger partial charge in [-0.1, -0.05) is 6.07 Å². The van der Waals surface area contributed by atoms with Gasteiger partial charge in [0.15, 0.2) is 0 Å². The van der Waals surface area contributed by atoms with E-state index < -0.39 is 11.6 Å². The van der Waals surface area contributed by atoms with Crippen LogP contribution < -0.4 is 10.6 Å². The molecule has 3 rings (SSSR count). The second kappa shape index (κ2) is 6.82. The van der Waals surface area contributed by atoms with Crippen molar-refractivity contribution in [2.24, 2.45) is 0 Å². The number of amides is 2. The number of oxazole rings is 1. The van der Waals surface area contributed by atoms with Gasteiger partial charge in [0.25, 0.3) is 0 Å². The zero-order valence-electron chi connectivity index (χ0n) is 13.9. The van der Waals surface area contributed by atoms with Gasteiger partial charge < -0.3 is 24.6 Å². The predicted octanol–water partition coefficient (Wildman–Crippen LogP) is 3.27. The SMILES string of the molecule is Cc1cnc(-c2cccc(NC(=O)NCC(C)(O)c3ccco3)c2)o1. The lowest BCUT2D eigenvalue weighted by Crippen LogP contribution is -2.40. The second-order valence-corrected chi connectivity index (χ2v) is 5.92. The summed E-state index contributed by atoms with van der Waals surface area (Å²) in [7, 11) is 0. The molecule has 1 aromatic carbocycles. The lowest BCUT2D eigenvalue weighted by atomic mass is 10.0. The summed E-state index contributed by atoms with van der Waals surface area (Å²) in [5.74, 6) is 1.59. The number of aryl methyl sites for hydroxylation is 1. The van der Waals surface area contributed by atoms with Crippen LogP contribution in [0.15, 0.2) is 57.7 Å². The highest BCUT2D eigenvalue weighted by atomic mass is 16.4. The van der Waals surface area contributed by atoms with Gasteiger partial charge >= 0.3 is 6.03 Å². The number of furan rings is 1. The van der Waals surface area contributed by atoms with Crippen LogP contribution in [0.5, 0.6) is 0 Å². The molecule has 1 unspecified atom stereocenters. The van der Waals surface area contributed by atoms with Crippen LogP contribution >= 0.6 is 0 Å². The largest absolute Gasteiger partial charge is 0.466 e. The molecule has 0 aliphatic rings. The molecule has 0 radical (unpaired) electrons. The first-order valence-corrected chi connectivity index (χ1v) is 7.78. The average Bonchev–Trinajstić information content (AvgIpc) is 3.25. The summed E-state index contributed by atoms with van der Waals surface area (Å²) in [4.78, 5) is 16.2. The molecule has 2 amide bonds. The molecule has 0 bridgehead atoms. The minimum atomic E-state index is -1.29. The number of aromatic nitrogens is 1. The zero-order chi connectivity index (χ0) is 17.9. The maximum atomic E-state index is 12.1. The highest BCUT2D eigenvalue weighted by molar-refractivity contribution is 5.89. The lowest BCUT2D eigenvalue weighted by molar-refractivity contribution is 0.0372. The third-order valence-corrected chi connectivity index (χ3v) is 3.63. The Morgan fingerprint density at radius 1 is 1.32 bits per heavy atom. The van der Waals surface area contributed by atoms with E-state index >= 15 is 0 Å². The van der Waals surface area contributed by atoms with E-state index in [2.05, 4.69) is 15.6 Å². The molecule has 7 heteroatoms. The zero-order valence-corrected chi connectivity index (χ0v) is 13.9. The molecule has 0 saturated carbocycles. The second-order valence-electron chi connectivity index (χ2n) is 5.92. The van der Waals surface area contributed by atoms with Crippen molar-refractivity contribution in [2.75, 3.05) is 11.9 Å². The molecule has 2 aromatic heterocycles. The number of rotatable bonds is 5. The number of anilines is 1. The summed E-state index contributed by atoms with van der Waals surface area (Å²) in [5.41, 5.74) is 0.0511. The summed E-state index contributed by atoms with van der Waals surface area (Å²) in [6.07, 6.45) is 3.11. The van der Waals surface area contributed by atoms with Gasteiger partial charge in [0, 0.05) is 11.3 Å². The fourth-order valence-corrected chi connectivity index (χ4v) is 2.32. The Hall–Kier alpha value is -3.06. The summed E-state index contributed by atoms with van der Waals surface area (Å²) >= 11 is 0. The molecule has 2 heterocycles. The first-order valence-electron chi connectivity index (χ1n) is 7.78. The summed E-state index contributed by atoms with van der Waals surface area (Å²) < 4.78 is 10.7. The van der Waals surface area contributed by atoms with E-state index in [1.807, 2.05) is 13.0 Å². The van der Waals surface area contributed by atoms with Crippen molar-refractivity contribution in [1.82, 2.24) is 10.3 Å². The smallest absolute Gasteiger partial charge is 0.319 e. The van der Waals surface area contributed by atoms with Gasteiger partial charge in [-0.15, -0.1) is 0 Å². The third kappa shape index (κ3) is 4.07. The highest BCUT2D eigenvalue weighted by Crippen LogP contribution is 2.22. The molecule has 130 valence electrons. The van der Waals surface area contributed by atoms with Gasteiger partial charge in [0.1, 0.15) is 17.1 Å². The summed E-state index contributed by atoms with van der Waals surface area (Å²) in [6, 6.07) is 10.0. The molecule has 0 saturated heterocycles. The number of urea groups is 1. The Kier molecular flexibility index (Phi) is 4.58. The van der Waals surface area contributed by atoms with Crippen molar-refractivity contribution in [2.45, 2.75) is 19.4 Å². The fourth-order valence-electron chi connectivity index (χ4n) is 2.32. The summed E-state index contributed by atoms with van der Waals surface area (Å²) in [6.45, 7) is 3.39. The van der Waals surface area contributed by atoms with Crippen LogP contribution in [-0.2, 0) is 5.60 Å². The topological polar surface area (TPSA) is 101 Å². The maximum absolute atomic E-state index is 12.1. The van der Waals surface area contributed by atoms with Crippen LogP contribution in [-0.4, -0.2) is 22.7 Å². The van der Waals surface area contributed by atoms with Crippen LogP contribution in [0.2, 0.25) is 0 Å².